The largest absolute Gasteiger partial charge is 0.487 e. The number of hydrogen-bond acceptors (Lipinski definition) is 4. The Labute approximate surface area is 122 Å². The molecule has 0 spiro atoms. The van der Waals surface area contributed by atoms with Crippen LogP contribution in [-0.4, -0.2) is 11.5 Å². The lowest BCUT2D eigenvalue weighted by Gasteiger charge is -2.11. The van der Waals surface area contributed by atoms with Gasteiger partial charge in [-0.15, -0.1) is 11.3 Å². The van der Waals surface area contributed by atoms with Gasteiger partial charge in [-0.25, -0.2) is 4.98 Å². The SMILES string of the molecule is CCNCc1cc(Cl)ccc1OCc1csc(C)n1. The molecule has 1 heterocycles. The smallest absolute Gasteiger partial charge is 0.131 e. The van der Waals surface area contributed by atoms with Gasteiger partial charge in [-0.1, -0.05) is 18.5 Å². The van der Waals surface area contributed by atoms with E-state index in [1.54, 1.807) is 11.3 Å². The van der Waals surface area contributed by atoms with E-state index in [-0.39, 0.29) is 0 Å². The lowest BCUT2D eigenvalue weighted by atomic mass is 10.2. The highest BCUT2D eigenvalue weighted by Crippen LogP contribution is 2.24. The van der Waals surface area contributed by atoms with Crippen molar-refractivity contribution in [1.29, 1.82) is 0 Å². The van der Waals surface area contributed by atoms with Crippen molar-refractivity contribution in [3.8, 4) is 5.75 Å². The minimum absolute atomic E-state index is 0.491. The normalized spacial score (nSPS) is 10.7. The first-order chi connectivity index (χ1) is 9.19. The Morgan fingerprint density at radius 2 is 2.26 bits per heavy atom. The van der Waals surface area contributed by atoms with Crippen LogP contribution in [0.2, 0.25) is 5.02 Å². The molecule has 5 heteroatoms. The summed E-state index contributed by atoms with van der Waals surface area (Å²) in [6.45, 7) is 6.22. The Kier molecular flexibility index (Phi) is 5.19. The third-order valence-electron chi connectivity index (χ3n) is 2.63. The first kappa shape index (κ1) is 14.3. The third-order valence-corrected chi connectivity index (χ3v) is 3.69. The molecule has 0 saturated heterocycles. The van der Waals surface area contributed by atoms with Crippen molar-refractivity contribution in [3.63, 3.8) is 0 Å². The molecule has 0 saturated carbocycles. The topological polar surface area (TPSA) is 34.1 Å². The fourth-order valence-corrected chi connectivity index (χ4v) is 2.50. The van der Waals surface area contributed by atoms with Crippen LogP contribution in [0.4, 0.5) is 0 Å². The zero-order valence-corrected chi connectivity index (χ0v) is 12.6. The molecule has 0 atom stereocenters. The summed E-state index contributed by atoms with van der Waals surface area (Å²) < 4.78 is 5.83. The van der Waals surface area contributed by atoms with Gasteiger partial charge in [0.25, 0.3) is 0 Å². The van der Waals surface area contributed by atoms with E-state index in [9.17, 15) is 0 Å². The molecule has 2 aromatic rings. The molecule has 1 aromatic heterocycles. The summed E-state index contributed by atoms with van der Waals surface area (Å²) in [4.78, 5) is 4.39. The van der Waals surface area contributed by atoms with E-state index < -0.39 is 0 Å². The summed E-state index contributed by atoms with van der Waals surface area (Å²) >= 11 is 7.66. The number of aryl methyl sites for hydroxylation is 1. The minimum atomic E-state index is 0.491. The van der Waals surface area contributed by atoms with Crippen LogP contribution in [0, 0.1) is 6.92 Å². The summed E-state index contributed by atoms with van der Waals surface area (Å²) in [5.41, 5.74) is 2.04. The van der Waals surface area contributed by atoms with Gasteiger partial charge in [0.15, 0.2) is 0 Å². The molecule has 0 bridgehead atoms. The highest BCUT2D eigenvalue weighted by Gasteiger charge is 2.06. The van der Waals surface area contributed by atoms with Crippen molar-refractivity contribution in [2.24, 2.45) is 0 Å². The number of halogens is 1. The average Bonchev–Trinajstić information content (AvgIpc) is 2.81. The fourth-order valence-electron chi connectivity index (χ4n) is 1.71. The first-order valence-electron chi connectivity index (χ1n) is 6.22. The summed E-state index contributed by atoms with van der Waals surface area (Å²) in [6, 6.07) is 5.69. The van der Waals surface area contributed by atoms with Crippen LogP contribution in [-0.2, 0) is 13.2 Å². The molecular weight excluding hydrogens is 280 g/mol. The molecular formula is C14H17ClN2OS. The monoisotopic (exact) mass is 296 g/mol. The molecule has 0 aliphatic carbocycles. The predicted octanol–water partition coefficient (Wildman–Crippen LogP) is 3.79. The van der Waals surface area contributed by atoms with Crippen molar-refractivity contribution in [3.05, 3.63) is 44.9 Å². The Hall–Kier alpha value is -1.10. The number of nitrogens with zero attached hydrogens (tertiary/aromatic N) is 1. The van der Waals surface area contributed by atoms with Gasteiger partial charge in [0, 0.05) is 22.5 Å². The van der Waals surface area contributed by atoms with E-state index >= 15 is 0 Å². The molecule has 0 aliphatic heterocycles. The van der Waals surface area contributed by atoms with Gasteiger partial charge in [-0.05, 0) is 31.7 Å². The molecule has 1 aromatic carbocycles. The third kappa shape index (κ3) is 4.20. The van der Waals surface area contributed by atoms with Crippen LogP contribution in [0.3, 0.4) is 0 Å². The number of nitrogens with one attached hydrogen (secondary N) is 1. The average molecular weight is 297 g/mol. The fraction of sp³-hybridized carbons (Fsp3) is 0.357. The van der Waals surface area contributed by atoms with E-state index in [1.807, 2.05) is 30.5 Å². The zero-order chi connectivity index (χ0) is 13.7. The highest BCUT2D eigenvalue weighted by atomic mass is 35.5. The van der Waals surface area contributed by atoms with Crippen molar-refractivity contribution in [1.82, 2.24) is 10.3 Å². The Morgan fingerprint density at radius 1 is 1.42 bits per heavy atom. The molecule has 2 rings (SSSR count). The van der Waals surface area contributed by atoms with Crippen molar-refractivity contribution < 1.29 is 4.74 Å². The number of aromatic nitrogens is 1. The molecule has 0 radical (unpaired) electrons. The van der Waals surface area contributed by atoms with Crippen LogP contribution in [0.15, 0.2) is 23.6 Å². The molecule has 1 N–H and O–H groups in total. The Morgan fingerprint density at radius 3 is 2.95 bits per heavy atom. The molecule has 19 heavy (non-hydrogen) atoms. The zero-order valence-electron chi connectivity index (χ0n) is 11.1. The van der Waals surface area contributed by atoms with Crippen LogP contribution >= 0.6 is 22.9 Å². The van der Waals surface area contributed by atoms with Crippen LogP contribution in [0.5, 0.6) is 5.75 Å². The van der Waals surface area contributed by atoms with Crippen molar-refractivity contribution in [2.45, 2.75) is 27.0 Å². The van der Waals surface area contributed by atoms with Crippen LogP contribution in [0.25, 0.3) is 0 Å². The van der Waals surface area contributed by atoms with Gasteiger partial charge in [0.1, 0.15) is 12.4 Å². The maximum Gasteiger partial charge on any atom is 0.131 e. The van der Waals surface area contributed by atoms with Crippen LogP contribution < -0.4 is 10.1 Å². The molecule has 3 nitrogen and oxygen atoms in total. The first-order valence-corrected chi connectivity index (χ1v) is 7.47. The van der Waals surface area contributed by atoms with Gasteiger partial charge >= 0.3 is 0 Å². The van der Waals surface area contributed by atoms with Crippen molar-refractivity contribution in [2.75, 3.05) is 6.54 Å². The van der Waals surface area contributed by atoms with Gasteiger partial charge in [-0.3, -0.25) is 0 Å². The number of thiazole rings is 1. The van der Waals surface area contributed by atoms with Gasteiger partial charge in [0.05, 0.1) is 10.7 Å². The lowest BCUT2D eigenvalue weighted by molar-refractivity contribution is 0.298. The standard InChI is InChI=1S/C14H17ClN2OS/c1-3-16-7-11-6-12(15)4-5-14(11)18-8-13-9-19-10(2)17-13/h4-6,9,16H,3,7-8H2,1-2H3. The van der Waals surface area contributed by atoms with E-state index in [4.69, 9.17) is 16.3 Å². The second-order valence-corrected chi connectivity index (χ2v) is 5.68. The minimum Gasteiger partial charge on any atom is -0.487 e. The molecule has 0 amide bonds. The van der Waals surface area contributed by atoms with Gasteiger partial charge in [-0.2, -0.15) is 0 Å². The van der Waals surface area contributed by atoms with E-state index in [0.29, 0.717) is 6.61 Å². The van der Waals surface area contributed by atoms with Crippen molar-refractivity contribution >= 4 is 22.9 Å². The summed E-state index contributed by atoms with van der Waals surface area (Å²) in [5, 5.41) is 7.09. The second-order valence-electron chi connectivity index (χ2n) is 4.18. The summed E-state index contributed by atoms with van der Waals surface area (Å²) in [5.74, 6) is 0.857. The predicted molar refractivity (Wildman–Crippen MR) is 80.0 cm³/mol. The van der Waals surface area contributed by atoms with Gasteiger partial charge < -0.3 is 10.1 Å². The Bertz CT molecular complexity index is 542. The van der Waals surface area contributed by atoms with Gasteiger partial charge in [0.2, 0.25) is 0 Å². The quantitative estimate of drug-likeness (QED) is 0.880. The highest BCUT2D eigenvalue weighted by molar-refractivity contribution is 7.09. The molecule has 0 fully saturated rings. The Balaban J connectivity index is 2.05. The maximum absolute atomic E-state index is 6.02. The molecule has 102 valence electrons. The maximum atomic E-state index is 6.02. The number of hydrogen-bond donors (Lipinski definition) is 1. The number of rotatable bonds is 6. The second kappa shape index (κ2) is 6.89. The van der Waals surface area contributed by atoms with Crippen LogP contribution in [0.1, 0.15) is 23.2 Å². The number of benzene rings is 1. The lowest BCUT2D eigenvalue weighted by Crippen LogP contribution is -2.13. The van der Waals surface area contributed by atoms with E-state index in [2.05, 4.69) is 17.2 Å². The van der Waals surface area contributed by atoms with E-state index in [0.717, 1.165) is 40.1 Å². The van der Waals surface area contributed by atoms with E-state index in [1.165, 1.54) is 0 Å². The summed E-state index contributed by atoms with van der Waals surface area (Å²) in [6.07, 6.45) is 0. The molecule has 0 unspecified atom stereocenters. The summed E-state index contributed by atoms with van der Waals surface area (Å²) in [7, 11) is 0. The number of ether oxygens (including phenoxy) is 1. The molecule has 0 aliphatic rings.